The maximum Gasteiger partial charge on any atom is 0.133 e. The summed E-state index contributed by atoms with van der Waals surface area (Å²) in [5.74, 6) is 0.522. The van der Waals surface area contributed by atoms with Gasteiger partial charge in [0.05, 0.1) is 0 Å². The first-order valence-electron chi connectivity index (χ1n) is 7.39. The van der Waals surface area contributed by atoms with Gasteiger partial charge in [0.1, 0.15) is 5.78 Å². The van der Waals surface area contributed by atoms with Crippen molar-refractivity contribution in [3.05, 3.63) is 5.32 Å². The van der Waals surface area contributed by atoms with Crippen molar-refractivity contribution in [3.8, 4) is 0 Å². The minimum Gasteiger partial charge on any atom is -0.659 e. The molecule has 1 radical (unpaired) electrons. The van der Waals surface area contributed by atoms with E-state index in [-0.39, 0.29) is 25.4 Å². The molecule has 113 valence electrons. The van der Waals surface area contributed by atoms with Gasteiger partial charge in [0.25, 0.3) is 0 Å². The normalized spacial score (nSPS) is 23.2. The third-order valence-electron chi connectivity index (χ3n) is 4.77. The van der Waals surface area contributed by atoms with Gasteiger partial charge in [-0.15, -0.1) is 12.6 Å². The van der Waals surface area contributed by atoms with Gasteiger partial charge in [0.15, 0.2) is 0 Å². The predicted molar refractivity (Wildman–Crippen MR) is 74.9 cm³/mol. The molecule has 4 heteroatoms. The zero-order valence-electron chi connectivity index (χ0n) is 12.4. The van der Waals surface area contributed by atoms with Crippen LogP contribution in [0.4, 0.5) is 0 Å². The Morgan fingerprint density at radius 3 is 2.42 bits per heavy atom. The van der Waals surface area contributed by atoms with Gasteiger partial charge in [-0.3, -0.25) is 4.79 Å². The molecule has 0 aromatic rings. The van der Waals surface area contributed by atoms with Gasteiger partial charge in [0, 0.05) is 25.4 Å². The topological polar surface area (TPSA) is 34.4 Å². The molecule has 0 amide bonds. The van der Waals surface area contributed by atoms with Crippen LogP contribution in [-0.2, 0) is 24.3 Å². The summed E-state index contributed by atoms with van der Waals surface area (Å²) in [6, 6.07) is 0.549. The van der Waals surface area contributed by atoms with E-state index in [1.165, 1.54) is 38.8 Å². The molecule has 0 unspecified atom stereocenters. The molecular formula is C15H27N2ORh-. The standard InChI is InChI=1S/C15H27N2O.Rh/c1-12(2)14(18)4-7-16-13-10-15(11-13)5-8-17(3)9-6-15;/h12-13H,4-11H2,1-3H3;/q-1;. The van der Waals surface area contributed by atoms with Gasteiger partial charge < -0.3 is 10.2 Å². The number of carbonyl (C=O) groups is 1. The molecule has 19 heavy (non-hydrogen) atoms. The predicted octanol–water partition coefficient (Wildman–Crippen LogP) is 2.85. The quantitative estimate of drug-likeness (QED) is 0.712. The van der Waals surface area contributed by atoms with E-state index in [9.17, 15) is 4.79 Å². The minimum absolute atomic E-state index is 0. The summed E-state index contributed by atoms with van der Waals surface area (Å²) in [6.07, 6.45) is 5.89. The van der Waals surface area contributed by atoms with Crippen molar-refractivity contribution in [2.45, 2.75) is 52.0 Å². The Morgan fingerprint density at radius 2 is 1.89 bits per heavy atom. The monoisotopic (exact) mass is 354 g/mol. The van der Waals surface area contributed by atoms with Gasteiger partial charge in [-0.1, -0.05) is 26.7 Å². The van der Waals surface area contributed by atoms with Crippen LogP contribution in [0.2, 0.25) is 0 Å². The van der Waals surface area contributed by atoms with Crippen molar-refractivity contribution in [2.75, 3.05) is 26.7 Å². The fourth-order valence-corrected chi connectivity index (χ4v) is 3.22. The summed E-state index contributed by atoms with van der Waals surface area (Å²) in [7, 11) is 2.21. The first-order valence-corrected chi connectivity index (χ1v) is 7.39. The molecule has 1 saturated heterocycles. The first-order chi connectivity index (χ1) is 8.51. The molecule has 2 rings (SSSR count). The number of Topliss-reactive ketones (excluding diaryl/α,β-unsaturated/α-hetero) is 1. The van der Waals surface area contributed by atoms with Gasteiger partial charge in [0.2, 0.25) is 0 Å². The molecule has 2 aliphatic rings. The van der Waals surface area contributed by atoms with Gasteiger partial charge in [-0.05, 0) is 44.8 Å². The summed E-state index contributed by atoms with van der Waals surface area (Å²) in [5, 5.41) is 4.69. The Kier molecular flexibility index (Phi) is 6.62. The molecule has 0 aromatic heterocycles. The Labute approximate surface area is 130 Å². The number of carbonyl (C=O) groups excluding carboxylic acids is 1. The number of hydrogen-bond donors (Lipinski definition) is 0. The summed E-state index contributed by atoms with van der Waals surface area (Å²) in [6.45, 7) is 7.19. The van der Waals surface area contributed by atoms with Gasteiger partial charge in [-0.25, -0.2) is 0 Å². The molecular weight excluding hydrogens is 327 g/mol. The van der Waals surface area contributed by atoms with Crippen LogP contribution in [0.1, 0.15) is 46.0 Å². The molecule has 1 spiro atoms. The van der Waals surface area contributed by atoms with Crippen molar-refractivity contribution in [1.82, 2.24) is 4.90 Å². The maximum atomic E-state index is 11.5. The summed E-state index contributed by atoms with van der Waals surface area (Å²) in [5.41, 5.74) is 0.614. The van der Waals surface area contributed by atoms with Gasteiger partial charge in [-0.2, -0.15) is 0 Å². The number of nitrogens with zero attached hydrogens (tertiary/aromatic N) is 2. The van der Waals surface area contributed by atoms with E-state index in [1.807, 2.05) is 13.8 Å². The van der Waals surface area contributed by atoms with E-state index < -0.39 is 0 Å². The van der Waals surface area contributed by atoms with Crippen molar-refractivity contribution in [2.24, 2.45) is 11.3 Å². The third-order valence-corrected chi connectivity index (χ3v) is 4.77. The number of rotatable bonds is 5. The van der Waals surface area contributed by atoms with Crippen LogP contribution in [0, 0.1) is 11.3 Å². The summed E-state index contributed by atoms with van der Waals surface area (Å²) >= 11 is 0. The smallest absolute Gasteiger partial charge is 0.133 e. The average Bonchev–Trinajstić information content (AvgIpc) is 2.29. The molecule has 3 nitrogen and oxygen atoms in total. The molecule has 1 heterocycles. The van der Waals surface area contributed by atoms with Crippen molar-refractivity contribution in [1.29, 1.82) is 0 Å². The van der Waals surface area contributed by atoms with Crippen LogP contribution < -0.4 is 0 Å². The van der Waals surface area contributed by atoms with Crippen molar-refractivity contribution in [3.63, 3.8) is 0 Å². The molecule has 0 N–H and O–H groups in total. The summed E-state index contributed by atoms with van der Waals surface area (Å²) in [4.78, 5) is 13.9. The number of piperidine rings is 1. The zero-order chi connectivity index (χ0) is 13.2. The first kappa shape index (κ1) is 17.3. The third kappa shape index (κ3) is 4.61. The largest absolute Gasteiger partial charge is 0.659 e. The van der Waals surface area contributed by atoms with Crippen LogP contribution in [-0.4, -0.2) is 43.4 Å². The number of likely N-dealkylation sites (tertiary alicyclic amines) is 1. The fourth-order valence-electron chi connectivity index (χ4n) is 3.22. The zero-order valence-corrected chi connectivity index (χ0v) is 14.1. The van der Waals surface area contributed by atoms with Crippen LogP contribution in [0.3, 0.4) is 0 Å². The van der Waals surface area contributed by atoms with E-state index in [0.717, 1.165) is 6.54 Å². The molecule has 0 aromatic carbocycles. The molecule has 2 fully saturated rings. The Bertz CT molecular complexity index is 291. The van der Waals surface area contributed by atoms with E-state index in [1.54, 1.807) is 0 Å². The second-order valence-corrected chi connectivity index (χ2v) is 6.64. The molecule has 1 aliphatic carbocycles. The van der Waals surface area contributed by atoms with Gasteiger partial charge >= 0.3 is 0 Å². The molecule has 1 aliphatic heterocycles. The van der Waals surface area contributed by atoms with E-state index >= 15 is 0 Å². The fraction of sp³-hybridized carbons (Fsp3) is 0.933. The van der Waals surface area contributed by atoms with E-state index in [0.29, 0.717) is 23.7 Å². The Hall–Kier alpha value is 0.213. The average molecular weight is 354 g/mol. The van der Waals surface area contributed by atoms with Crippen LogP contribution in [0.15, 0.2) is 0 Å². The van der Waals surface area contributed by atoms with E-state index in [4.69, 9.17) is 0 Å². The Balaban J connectivity index is 0.00000180. The van der Waals surface area contributed by atoms with Crippen molar-refractivity contribution >= 4 is 5.78 Å². The second kappa shape index (κ2) is 7.29. The maximum absolute atomic E-state index is 11.5. The number of ketones is 1. The van der Waals surface area contributed by atoms with Crippen LogP contribution in [0.5, 0.6) is 0 Å². The minimum atomic E-state index is 0. The molecule has 0 atom stereocenters. The number of hydrogen-bond acceptors (Lipinski definition) is 2. The molecule has 1 saturated carbocycles. The molecule has 0 bridgehead atoms. The Morgan fingerprint density at radius 1 is 1.32 bits per heavy atom. The summed E-state index contributed by atoms with van der Waals surface area (Å²) < 4.78 is 0. The van der Waals surface area contributed by atoms with E-state index in [2.05, 4.69) is 17.3 Å². The van der Waals surface area contributed by atoms with Crippen LogP contribution in [0.25, 0.3) is 5.32 Å². The SMILES string of the molecule is CC(C)C(=O)CC[N-]C1CC2(CCN(C)CC2)C1.[Rh]. The second-order valence-electron chi connectivity index (χ2n) is 6.64. The van der Waals surface area contributed by atoms with Crippen molar-refractivity contribution < 1.29 is 24.3 Å². The van der Waals surface area contributed by atoms with Crippen LogP contribution >= 0.6 is 0 Å².